The molecule has 1 aliphatic rings. The lowest BCUT2D eigenvalue weighted by Crippen LogP contribution is -2.32. The minimum atomic E-state index is -0.384. The van der Waals surface area contributed by atoms with Gasteiger partial charge in [-0.1, -0.05) is 31.5 Å². The van der Waals surface area contributed by atoms with E-state index in [1.54, 1.807) is 12.1 Å². The number of rotatable bonds is 3. The number of hydrogen-bond acceptors (Lipinski definition) is 2. The minimum absolute atomic E-state index is 0.124. The van der Waals surface area contributed by atoms with Gasteiger partial charge in [0.2, 0.25) is 5.91 Å². The van der Waals surface area contributed by atoms with E-state index in [4.69, 9.17) is 11.6 Å². The van der Waals surface area contributed by atoms with Crippen LogP contribution < -0.4 is 5.32 Å². The number of hydrogen-bond donors (Lipinski definition) is 1. The molecule has 0 saturated carbocycles. The molecule has 1 unspecified atom stereocenters. The van der Waals surface area contributed by atoms with Gasteiger partial charge in [0, 0.05) is 17.0 Å². The number of aliphatic imine (C=N–C) groups is 1. The van der Waals surface area contributed by atoms with Crippen LogP contribution in [0.3, 0.4) is 0 Å². The van der Waals surface area contributed by atoms with Gasteiger partial charge in [0.15, 0.2) is 0 Å². The highest BCUT2D eigenvalue weighted by atomic mass is 35.5. The van der Waals surface area contributed by atoms with Gasteiger partial charge in [-0.15, -0.1) is 0 Å². The van der Waals surface area contributed by atoms with Crippen LogP contribution in [0.5, 0.6) is 0 Å². The van der Waals surface area contributed by atoms with Crippen molar-refractivity contribution in [1.29, 1.82) is 0 Å². The van der Waals surface area contributed by atoms with Crippen LogP contribution in [0.4, 0.5) is 4.39 Å². The molecular weight excluding hydrogens is 255 g/mol. The monoisotopic (exact) mass is 268 g/mol. The molecule has 1 N–H and O–H groups in total. The van der Waals surface area contributed by atoms with Crippen molar-refractivity contribution < 1.29 is 9.18 Å². The topological polar surface area (TPSA) is 41.5 Å². The van der Waals surface area contributed by atoms with E-state index in [-0.39, 0.29) is 30.1 Å². The lowest BCUT2D eigenvalue weighted by atomic mass is 10.1. The van der Waals surface area contributed by atoms with Crippen molar-refractivity contribution >= 4 is 23.3 Å². The molecule has 18 heavy (non-hydrogen) atoms. The fraction of sp³-hybridized carbons (Fsp3) is 0.385. The van der Waals surface area contributed by atoms with Crippen molar-refractivity contribution in [1.82, 2.24) is 5.32 Å². The van der Waals surface area contributed by atoms with E-state index in [0.29, 0.717) is 16.4 Å². The Kier molecular flexibility index (Phi) is 3.66. The second-order valence-electron chi connectivity index (χ2n) is 4.63. The van der Waals surface area contributed by atoms with E-state index in [2.05, 4.69) is 10.3 Å². The van der Waals surface area contributed by atoms with Gasteiger partial charge in [-0.2, -0.15) is 0 Å². The van der Waals surface area contributed by atoms with E-state index in [1.165, 1.54) is 6.07 Å². The summed E-state index contributed by atoms with van der Waals surface area (Å²) >= 11 is 5.94. The number of amidine groups is 1. The first-order valence-electron chi connectivity index (χ1n) is 5.79. The number of amides is 1. The van der Waals surface area contributed by atoms with Crippen LogP contribution in [0, 0.1) is 11.7 Å². The standard InChI is InChI=1S/C13H14ClFN2O/c1-7(2)12-13(18)17-11(16-12)6-8-9(14)4-3-5-10(8)15/h3-5,7,12H,6H2,1-2H3,(H,16,17,18). The molecule has 1 aromatic carbocycles. The summed E-state index contributed by atoms with van der Waals surface area (Å²) < 4.78 is 13.6. The molecule has 0 aliphatic carbocycles. The Hall–Kier alpha value is -1.42. The highest BCUT2D eigenvalue weighted by molar-refractivity contribution is 6.31. The molecule has 96 valence electrons. The Morgan fingerprint density at radius 3 is 2.78 bits per heavy atom. The van der Waals surface area contributed by atoms with Gasteiger partial charge in [-0.3, -0.25) is 9.79 Å². The maximum Gasteiger partial charge on any atom is 0.250 e. The van der Waals surface area contributed by atoms with E-state index in [1.807, 2.05) is 13.8 Å². The number of carbonyl (C=O) groups is 1. The highest BCUT2D eigenvalue weighted by Gasteiger charge is 2.29. The van der Waals surface area contributed by atoms with Gasteiger partial charge in [-0.25, -0.2) is 4.39 Å². The fourth-order valence-electron chi connectivity index (χ4n) is 1.89. The molecule has 0 bridgehead atoms. The number of halogens is 2. The average molecular weight is 269 g/mol. The molecule has 3 nitrogen and oxygen atoms in total. The van der Waals surface area contributed by atoms with E-state index in [0.717, 1.165) is 0 Å². The molecule has 1 aliphatic heterocycles. The zero-order chi connectivity index (χ0) is 13.3. The lowest BCUT2D eigenvalue weighted by Gasteiger charge is -2.06. The van der Waals surface area contributed by atoms with Gasteiger partial charge >= 0.3 is 0 Å². The van der Waals surface area contributed by atoms with Gasteiger partial charge in [0.05, 0.1) is 0 Å². The molecule has 0 radical (unpaired) electrons. The minimum Gasteiger partial charge on any atom is -0.312 e. The summed E-state index contributed by atoms with van der Waals surface area (Å²) in [6, 6.07) is 4.13. The van der Waals surface area contributed by atoms with E-state index >= 15 is 0 Å². The number of carbonyl (C=O) groups excluding carboxylic acids is 1. The van der Waals surface area contributed by atoms with Crippen LogP contribution >= 0.6 is 11.6 Å². The van der Waals surface area contributed by atoms with Crippen LogP contribution in [0.25, 0.3) is 0 Å². The van der Waals surface area contributed by atoms with Crippen molar-refractivity contribution in [3.8, 4) is 0 Å². The number of nitrogens with zero attached hydrogens (tertiary/aromatic N) is 1. The predicted molar refractivity (Wildman–Crippen MR) is 69.3 cm³/mol. The third-order valence-electron chi connectivity index (χ3n) is 2.87. The summed E-state index contributed by atoms with van der Waals surface area (Å²) in [4.78, 5) is 15.9. The summed E-state index contributed by atoms with van der Waals surface area (Å²) in [5.74, 6) is 0.0872. The largest absolute Gasteiger partial charge is 0.312 e. The second kappa shape index (κ2) is 5.06. The summed E-state index contributed by atoms with van der Waals surface area (Å²) in [6.45, 7) is 3.85. The average Bonchev–Trinajstić information content (AvgIpc) is 2.65. The first kappa shape index (κ1) is 13.0. The Morgan fingerprint density at radius 2 is 2.22 bits per heavy atom. The van der Waals surface area contributed by atoms with Crippen LogP contribution in [-0.4, -0.2) is 17.8 Å². The van der Waals surface area contributed by atoms with Crippen LogP contribution in [0.1, 0.15) is 19.4 Å². The maximum atomic E-state index is 13.6. The molecule has 1 aromatic rings. The Balaban J connectivity index is 2.21. The van der Waals surface area contributed by atoms with Crippen LogP contribution in [0.15, 0.2) is 23.2 Å². The Bertz CT molecular complexity index is 493. The lowest BCUT2D eigenvalue weighted by molar-refractivity contribution is -0.120. The molecule has 5 heteroatoms. The number of nitrogens with one attached hydrogen (secondary N) is 1. The molecule has 1 atom stereocenters. The van der Waals surface area contributed by atoms with Gasteiger partial charge in [-0.05, 0) is 18.1 Å². The summed E-state index contributed by atoms with van der Waals surface area (Å²) in [5, 5.41) is 3.02. The molecule has 0 fully saturated rings. The van der Waals surface area contributed by atoms with Crippen molar-refractivity contribution in [2.24, 2.45) is 10.9 Å². The molecule has 0 saturated heterocycles. The quantitative estimate of drug-likeness (QED) is 0.899. The SMILES string of the molecule is CC(C)C1N=C(Cc2c(F)cccc2Cl)NC1=O. The van der Waals surface area contributed by atoms with E-state index < -0.39 is 0 Å². The Labute approximate surface area is 110 Å². The third kappa shape index (κ3) is 2.53. The molecule has 2 rings (SSSR count). The first-order valence-corrected chi connectivity index (χ1v) is 6.17. The maximum absolute atomic E-state index is 13.6. The van der Waals surface area contributed by atoms with Gasteiger partial charge in [0.1, 0.15) is 17.7 Å². The molecule has 1 heterocycles. The normalized spacial score (nSPS) is 19.1. The van der Waals surface area contributed by atoms with Crippen LogP contribution in [0.2, 0.25) is 5.02 Å². The zero-order valence-electron chi connectivity index (χ0n) is 10.2. The molecule has 1 amide bonds. The van der Waals surface area contributed by atoms with Crippen molar-refractivity contribution in [3.63, 3.8) is 0 Å². The third-order valence-corrected chi connectivity index (χ3v) is 3.22. The zero-order valence-corrected chi connectivity index (χ0v) is 11.0. The van der Waals surface area contributed by atoms with Gasteiger partial charge in [0.25, 0.3) is 0 Å². The molecule has 0 spiro atoms. The van der Waals surface area contributed by atoms with Crippen LogP contribution in [-0.2, 0) is 11.2 Å². The van der Waals surface area contributed by atoms with Crippen molar-refractivity contribution in [2.45, 2.75) is 26.3 Å². The summed E-state index contributed by atoms with van der Waals surface area (Å²) in [7, 11) is 0. The number of benzene rings is 1. The molecular formula is C13H14ClFN2O. The molecule has 0 aromatic heterocycles. The Morgan fingerprint density at radius 1 is 1.50 bits per heavy atom. The highest BCUT2D eigenvalue weighted by Crippen LogP contribution is 2.21. The van der Waals surface area contributed by atoms with Crippen molar-refractivity contribution in [3.05, 3.63) is 34.6 Å². The predicted octanol–water partition coefficient (Wildman–Crippen LogP) is 2.57. The first-order chi connectivity index (χ1) is 8.49. The summed E-state index contributed by atoms with van der Waals surface area (Å²) in [5.41, 5.74) is 0.364. The summed E-state index contributed by atoms with van der Waals surface area (Å²) in [6.07, 6.45) is 0.209. The van der Waals surface area contributed by atoms with E-state index in [9.17, 15) is 9.18 Å². The fourth-order valence-corrected chi connectivity index (χ4v) is 2.12. The smallest absolute Gasteiger partial charge is 0.250 e. The second-order valence-corrected chi connectivity index (χ2v) is 5.04. The van der Waals surface area contributed by atoms with Gasteiger partial charge < -0.3 is 5.32 Å². The van der Waals surface area contributed by atoms with Crippen molar-refractivity contribution in [2.75, 3.05) is 0 Å².